The maximum Gasteiger partial charge on any atom is 0.214 e. The van der Waals surface area contributed by atoms with Crippen molar-refractivity contribution in [3.63, 3.8) is 0 Å². The summed E-state index contributed by atoms with van der Waals surface area (Å²) in [6.45, 7) is 0.241. The maximum absolute atomic E-state index is 13.0. The highest BCUT2D eigenvalue weighted by Crippen LogP contribution is 2.32. The number of aliphatic hydroxyl groups is 1. The van der Waals surface area contributed by atoms with Gasteiger partial charge in [-0.3, -0.25) is 0 Å². The van der Waals surface area contributed by atoms with Gasteiger partial charge in [0.05, 0.1) is 11.9 Å². The Hall–Kier alpha value is -1.99. The number of hydrogen-bond acceptors (Lipinski definition) is 5. The van der Waals surface area contributed by atoms with E-state index in [9.17, 15) is 4.39 Å². The molecule has 1 aromatic carbocycles. The Bertz CT molecular complexity index is 797. The number of nitrogens with one attached hydrogen (secondary N) is 1. The van der Waals surface area contributed by atoms with Crippen LogP contribution in [0.5, 0.6) is 0 Å². The van der Waals surface area contributed by atoms with Crippen molar-refractivity contribution >= 4 is 21.4 Å². The van der Waals surface area contributed by atoms with Gasteiger partial charge in [0.15, 0.2) is 0 Å². The molecule has 2 unspecified atom stereocenters. The molecule has 0 spiro atoms. The molecular formula is C17H19FN4OS. The fourth-order valence-corrected chi connectivity index (χ4v) is 4.26. The first-order valence-electron chi connectivity index (χ1n) is 8.22. The smallest absolute Gasteiger partial charge is 0.214 e. The van der Waals surface area contributed by atoms with E-state index in [1.807, 2.05) is 6.20 Å². The molecule has 1 fully saturated rings. The Morgan fingerprint density at radius 1 is 1.29 bits per heavy atom. The minimum atomic E-state index is -0.252. The molecule has 2 N–H and O–H groups in total. The summed E-state index contributed by atoms with van der Waals surface area (Å²) >= 11 is 1.52. The zero-order valence-electron chi connectivity index (χ0n) is 13.2. The molecule has 0 amide bonds. The zero-order valence-corrected chi connectivity index (χ0v) is 14.0. The van der Waals surface area contributed by atoms with E-state index in [0.717, 1.165) is 40.6 Å². The lowest BCUT2D eigenvalue weighted by molar-refractivity contribution is 0.254. The van der Waals surface area contributed by atoms with Crippen LogP contribution in [0.15, 0.2) is 30.5 Å². The second-order valence-corrected chi connectivity index (χ2v) is 7.18. The predicted molar refractivity (Wildman–Crippen MR) is 92.7 cm³/mol. The molecule has 3 aromatic rings. The van der Waals surface area contributed by atoms with Gasteiger partial charge in [-0.1, -0.05) is 17.8 Å². The van der Waals surface area contributed by atoms with Crippen LogP contribution < -0.4 is 5.32 Å². The number of fused-ring (bicyclic) bond motifs is 1. The molecule has 126 valence electrons. The lowest BCUT2D eigenvalue weighted by Crippen LogP contribution is -2.24. The second kappa shape index (κ2) is 6.49. The Balaban J connectivity index is 1.52. The molecule has 24 heavy (non-hydrogen) atoms. The van der Waals surface area contributed by atoms with Crippen LogP contribution in [0.1, 0.15) is 25.7 Å². The number of benzene rings is 1. The van der Waals surface area contributed by atoms with Crippen LogP contribution in [0.2, 0.25) is 0 Å². The van der Waals surface area contributed by atoms with Crippen molar-refractivity contribution in [1.29, 1.82) is 0 Å². The van der Waals surface area contributed by atoms with Gasteiger partial charge in [0.2, 0.25) is 10.1 Å². The van der Waals surface area contributed by atoms with E-state index >= 15 is 0 Å². The third-order valence-electron chi connectivity index (χ3n) is 4.65. The first-order chi connectivity index (χ1) is 11.7. The van der Waals surface area contributed by atoms with E-state index in [2.05, 4.69) is 15.4 Å². The van der Waals surface area contributed by atoms with Gasteiger partial charge in [-0.2, -0.15) is 0 Å². The van der Waals surface area contributed by atoms with E-state index in [1.165, 1.54) is 29.9 Å². The number of anilines is 1. The fraction of sp³-hybridized carbons (Fsp3) is 0.412. The van der Waals surface area contributed by atoms with Gasteiger partial charge in [0, 0.05) is 18.2 Å². The summed E-state index contributed by atoms with van der Waals surface area (Å²) in [7, 11) is 0. The maximum atomic E-state index is 13.0. The molecule has 0 bridgehead atoms. The van der Waals surface area contributed by atoms with Crippen molar-refractivity contribution < 1.29 is 9.50 Å². The van der Waals surface area contributed by atoms with Crippen LogP contribution in [-0.2, 0) is 0 Å². The van der Waals surface area contributed by atoms with Crippen LogP contribution >= 0.6 is 11.3 Å². The summed E-state index contributed by atoms with van der Waals surface area (Å²) < 4.78 is 14.8. The van der Waals surface area contributed by atoms with E-state index in [0.29, 0.717) is 12.0 Å². The number of aromatic nitrogens is 3. The summed E-state index contributed by atoms with van der Waals surface area (Å²) in [6, 6.07) is 6.69. The van der Waals surface area contributed by atoms with Crippen LogP contribution in [-0.4, -0.2) is 32.4 Å². The second-order valence-electron chi connectivity index (χ2n) is 6.22. The third kappa shape index (κ3) is 3.01. The highest BCUT2D eigenvalue weighted by atomic mass is 32.1. The highest BCUT2D eigenvalue weighted by molar-refractivity contribution is 7.20. The molecule has 2 aromatic heterocycles. The van der Waals surface area contributed by atoms with E-state index in [-0.39, 0.29) is 12.4 Å². The minimum Gasteiger partial charge on any atom is -0.396 e. The van der Waals surface area contributed by atoms with Gasteiger partial charge in [-0.25, -0.2) is 13.9 Å². The monoisotopic (exact) mass is 346 g/mol. The summed E-state index contributed by atoms with van der Waals surface area (Å²) in [5.74, 6) is 0.263. The molecule has 2 atom stereocenters. The summed E-state index contributed by atoms with van der Waals surface area (Å²) in [5, 5.41) is 18.1. The van der Waals surface area contributed by atoms with E-state index in [1.54, 1.807) is 16.6 Å². The number of aliphatic hydroxyl groups excluding tert-OH is 1. The minimum absolute atomic E-state index is 0.241. The molecule has 1 aliphatic rings. The molecule has 0 aliphatic heterocycles. The van der Waals surface area contributed by atoms with Gasteiger partial charge in [-0.15, -0.1) is 5.10 Å². The number of rotatable bonds is 5. The summed E-state index contributed by atoms with van der Waals surface area (Å²) in [6.07, 6.45) is 6.18. The Kier molecular flexibility index (Phi) is 4.20. The van der Waals surface area contributed by atoms with Crippen molar-refractivity contribution in [2.75, 3.05) is 11.9 Å². The largest absolute Gasteiger partial charge is 0.396 e. The summed E-state index contributed by atoms with van der Waals surface area (Å²) in [5.41, 5.74) is 1.67. The Morgan fingerprint density at radius 3 is 2.88 bits per heavy atom. The third-order valence-corrected chi connectivity index (χ3v) is 5.50. The highest BCUT2D eigenvalue weighted by Gasteiger charge is 2.27. The van der Waals surface area contributed by atoms with Crippen LogP contribution in [0, 0.1) is 11.7 Å². The van der Waals surface area contributed by atoms with Crippen molar-refractivity contribution in [1.82, 2.24) is 14.6 Å². The standard InChI is InChI=1S/C17H19FN4OS/c18-13-6-4-12(5-7-13)15-10-22-17(20-15)24-16(21-22)19-14-3-1-2-11(14)8-9-23/h4-7,10-11,14,23H,1-3,8-9H2,(H,19,21). The molecule has 0 saturated heterocycles. The van der Waals surface area contributed by atoms with E-state index < -0.39 is 0 Å². The molecule has 2 heterocycles. The van der Waals surface area contributed by atoms with Crippen molar-refractivity contribution in [3.8, 4) is 11.3 Å². The first kappa shape index (κ1) is 15.5. The number of halogens is 1. The molecule has 5 nitrogen and oxygen atoms in total. The predicted octanol–water partition coefficient (Wildman–Crippen LogP) is 3.56. The van der Waals surface area contributed by atoms with Crippen LogP contribution in [0.4, 0.5) is 9.52 Å². The summed E-state index contributed by atoms with van der Waals surface area (Å²) in [4.78, 5) is 5.39. The quantitative estimate of drug-likeness (QED) is 0.741. The van der Waals surface area contributed by atoms with Crippen molar-refractivity contribution in [2.45, 2.75) is 31.7 Å². The lowest BCUT2D eigenvalue weighted by atomic mass is 10.0. The van der Waals surface area contributed by atoms with Crippen molar-refractivity contribution in [2.24, 2.45) is 5.92 Å². The molecule has 7 heteroatoms. The lowest BCUT2D eigenvalue weighted by Gasteiger charge is -2.19. The molecule has 1 aliphatic carbocycles. The zero-order chi connectivity index (χ0) is 16.5. The number of imidazole rings is 1. The van der Waals surface area contributed by atoms with Gasteiger partial charge in [-0.05, 0) is 49.4 Å². The van der Waals surface area contributed by atoms with Crippen LogP contribution in [0.3, 0.4) is 0 Å². The van der Waals surface area contributed by atoms with Crippen molar-refractivity contribution in [3.05, 3.63) is 36.3 Å². The molecule has 4 rings (SSSR count). The molecular weight excluding hydrogens is 327 g/mol. The Labute approximate surface area is 143 Å². The first-order valence-corrected chi connectivity index (χ1v) is 9.04. The average Bonchev–Trinajstić information content (AvgIpc) is 3.24. The van der Waals surface area contributed by atoms with Gasteiger partial charge >= 0.3 is 0 Å². The average molecular weight is 346 g/mol. The van der Waals surface area contributed by atoms with Gasteiger partial charge in [0.25, 0.3) is 0 Å². The normalized spacial score (nSPS) is 20.8. The topological polar surface area (TPSA) is 62.5 Å². The SMILES string of the molecule is OCCC1CCCC1Nc1nn2cc(-c3ccc(F)cc3)nc2s1. The molecule has 0 radical (unpaired) electrons. The molecule has 1 saturated carbocycles. The Morgan fingerprint density at radius 2 is 2.12 bits per heavy atom. The van der Waals surface area contributed by atoms with E-state index in [4.69, 9.17) is 5.11 Å². The fourth-order valence-electron chi connectivity index (χ4n) is 3.42. The van der Waals surface area contributed by atoms with Crippen LogP contribution in [0.25, 0.3) is 16.2 Å². The van der Waals surface area contributed by atoms with Gasteiger partial charge in [0.1, 0.15) is 5.82 Å². The number of nitrogens with zero attached hydrogens (tertiary/aromatic N) is 3. The van der Waals surface area contributed by atoms with Gasteiger partial charge < -0.3 is 10.4 Å². The number of hydrogen-bond donors (Lipinski definition) is 2.